The number of aromatic nitrogens is 3. The predicted molar refractivity (Wildman–Crippen MR) is 124 cm³/mol. The van der Waals surface area contributed by atoms with Gasteiger partial charge in [0.05, 0.1) is 28.5 Å². The number of hydrogen-bond donors (Lipinski definition) is 3. The van der Waals surface area contributed by atoms with Crippen LogP contribution in [-0.2, 0) is 5.54 Å². The topological polar surface area (TPSA) is 124 Å². The zero-order valence-electron chi connectivity index (χ0n) is 18.6. The van der Waals surface area contributed by atoms with Crippen LogP contribution >= 0.6 is 0 Å². The maximum atomic E-state index is 15.7. The van der Waals surface area contributed by atoms with E-state index in [1.165, 1.54) is 6.20 Å². The van der Waals surface area contributed by atoms with Crippen LogP contribution in [0.15, 0.2) is 29.7 Å². The summed E-state index contributed by atoms with van der Waals surface area (Å²) in [6, 6.07) is 0.246. The number of aromatic carboxylic acids is 1. The number of carbonyl (C=O) groups is 1. The summed E-state index contributed by atoms with van der Waals surface area (Å²) in [5.41, 5.74) is 4.71. The van der Waals surface area contributed by atoms with Crippen molar-refractivity contribution >= 4 is 28.2 Å². The normalized spacial score (nSPS) is 22.9. The summed E-state index contributed by atoms with van der Waals surface area (Å²) in [6.45, 7) is 0.289. The summed E-state index contributed by atoms with van der Waals surface area (Å²) in [4.78, 5) is 29.1. The van der Waals surface area contributed by atoms with Crippen molar-refractivity contribution in [2.75, 3.05) is 17.7 Å². The summed E-state index contributed by atoms with van der Waals surface area (Å²) < 4.78 is 25.7. The number of imidazole rings is 1. The number of carboxylic acids is 1. The van der Waals surface area contributed by atoms with Gasteiger partial charge in [-0.25, -0.2) is 14.2 Å². The smallest absolute Gasteiger partial charge is 0.341 e. The number of ether oxygens (including phenoxy) is 1. The van der Waals surface area contributed by atoms with Crippen molar-refractivity contribution in [1.82, 2.24) is 14.1 Å². The summed E-state index contributed by atoms with van der Waals surface area (Å²) in [5, 5.41) is 12.9. The van der Waals surface area contributed by atoms with Crippen LogP contribution in [0, 0.1) is 5.82 Å². The van der Waals surface area contributed by atoms with E-state index in [9.17, 15) is 14.7 Å². The van der Waals surface area contributed by atoms with Gasteiger partial charge in [-0.15, -0.1) is 0 Å². The molecule has 2 atom stereocenters. The molecule has 3 aromatic rings. The SMILES string of the molecule is Nc1c(F)c(N[C@H]2CC[C@H](n3ccnc3)C2)c2c3c1c(=O)c(C(=O)O)cn3C1(CCCC1)CO2. The van der Waals surface area contributed by atoms with Gasteiger partial charge in [-0.3, -0.25) is 4.79 Å². The molecule has 2 aliphatic carbocycles. The fraction of sp³-hybridized carbons (Fsp3) is 0.458. The van der Waals surface area contributed by atoms with Gasteiger partial charge in [0, 0.05) is 30.7 Å². The summed E-state index contributed by atoms with van der Waals surface area (Å²) in [7, 11) is 0. The van der Waals surface area contributed by atoms with Crippen LogP contribution in [-0.4, -0.2) is 37.8 Å². The molecule has 4 N–H and O–H groups in total. The second-order valence-corrected chi connectivity index (χ2v) is 9.74. The van der Waals surface area contributed by atoms with Gasteiger partial charge in [-0.1, -0.05) is 12.8 Å². The van der Waals surface area contributed by atoms with Crippen LogP contribution in [0.5, 0.6) is 5.75 Å². The van der Waals surface area contributed by atoms with Gasteiger partial charge < -0.3 is 30.0 Å². The molecule has 2 aromatic heterocycles. The molecule has 0 saturated heterocycles. The van der Waals surface area contributed by atoms with Gasteiger partial charge >= 0.3 is 5.97 Å². The number of carboxylic acid groups (broad SMARTS) is 1. The number of fused-ring (bicyclic) bond motifs is 1. The summed E-state index contributed by atoms with van der Waals surface area (Å²) >= 11 is 0. The van der Waals surface area contributed by atoms with Crippen molar-refractivity contribution in [3.8, 4) is 5.75 Å². The molecule has 1 spiro atoms. The van der Waals surface area contributed by atoms with Gasteiger partial charge in [0.15, 0.2) is 11.6 Å². The van der Waals surface area contributed by atoms with Crippen LogP contribution in [0.3, 0.4) is 0 Å². The highest BCUT2D eigenvalue weighted by molar-refractivity contribution is 6.03. The van der Waals surface area contributed by atoms with E-state index in [4.69, 9.17) is 10.5 Å². The first-order valence-electron chi connectivity index (χ1n) is 11.7. The molecule has 0 bridgehead atoms. The molecule has 0 radical (unpaired) electrons. The Balaban J connectivity index is 1.51. The lowest BCUT2D eigenvalue weighted by Crippen LogP contribution is -2.42. The second kappa shape index (κ2) is 7.48. The zero-order chi connectivity index (χ0) is 23.6. The van der Waals surface area contributed by atoms with Gasteiger partial charge in [0.1, 0.15) is 17.9 Å². The molecule has 178 valence electrons. The molecule has 0 unspecified atom stereocenters. The monoisotopic (exact) mass is 467 g/mol. The van der Waals surface area contributed by atoms with Gasteiger partial charge in [0.25, 0.3) is 0 Å². The first-order chi connectivity index (χ1) is 16.4. The number of anilines is 2. The minimum atomic E-state index is -1.35. The number of nitrogens with zero attached hydrogens (tertiary/aromatic N) is 3. The third kappa shape index (κ3) is 2.93. The predicted octanol–water partition coefficient (Wildman–Crippen LogP) is 3.48. The van der Waals surface area contributed by atoms with E-state index < -0.39 is 28.3 Å². The van der Waals surface area contributed by atoms with Crippen molar-refractivity contribution < 1.29 is 19.0 Å². The molecule has 0 amide bonds. The first-order valence-corrected chi connectivity index (χ1v) is 11.7. The Morgan fingerprint density at radius 3 is 2.82 bits per heavy atom. The number of benzene rings is 1. The van der Waals surface area contributed by atoms with E-state index in [1.54, 1.807) is 12.5 Å². The fourth-order valence-electron chi connectivity index (χ4n) is 6.09. The number of nitrogens with two attached hydrogens (primary N) is 1. The van der Waals surface area contributed by atoms with E-state index in [1.807, 2.05) is 10.8 Å². The molecule has 1 aromatic carbocycles. The highest BCUT2D eigenvalue weighted by atomic mass is 19.1. The van der Waals surface area contributed by atoms with Gasteiger partial charge in [-0.2, -0.15) is 0 Å². The third-order valence-electron chi connectivity index (χ3n) is 7.84. The Hall–Kier alpha value is -3.56. The molecule has 2 saturated carbocycles. The largest absolute Gasteiger partial charge is 0.487 e. The van der Waals surface area contributed by atoms with Gasteiger partial charge in [-0.05, 0) is 32.1 Å². The Bertz CT molecular complexity index is 1360. The van der Waals surface area contributed by atoms with E-state index in [0.717, 1.165) is 44.9 Å². The second-order valence-electron chi connectivity index (χ2n) is 9.74. The molecule has 34 heavy (non-hydrogen) atoms. The maximum absolute atomic E-state index is 15.7. The maximum Gasteiger partial charge on any atom is 0.341 e. The standard InChI is InChI=1S/C24H26FN5O4/c25-17-18(26)16-20-22(19(17)28-13-3-4-14(9-13)29-8-7-27-12-29)34-11-24(5-1-2-6-24)30(20)10-15(21(16)31)23(32)33/h7-8,10,12-14,28H,1-6,9,11,26H2,(H,32,33)/t13-,14-/m0/s1. The lowest BCUT2D eigenvalue weighted by molar-refractivity contribution is 0.0692. The van der Waals surface area contributed by atoms with Crippen molar-refractivity contribution in [3.05, 3.63) is 46.5 Å². The lowest BCUT2D eigenvalue weighted by atomic mass is 9.93. The van der Waals surface area contributed by atoms with Crippen LogP contribution in [0.25, 0.3) is 10.9 Å². The van der Waals surface area contributed by atoms with Gasteiger partial charge in [0.2, 0.25) is 5.43 Å². The number of rotatable bonds is 4. The van der Waals surface area contributed by atoms with E-state index in [2.05, 4.69) is 14.9 Å². The number of nitrogens with one attached hydrogen (secondary N) is 1. The molecule has 10 heteroatoms. The van der Waals surface area contributed by atoms with Crippen molar-refractivity contribution in [1.29, 1.82) is 0 Å². The third-order valence-corrected chi connectivity index (χ3v) is 7.84. The molecular formula is C24H26FN5O4. The van der Waals surface area contributed by atoms with Crippen LogP contribution in [0.2, 0.25) is 0 Å². The molecule has 3 aliphatic rings. The average Bonchev–Trinajstić information content (AvgIpc) is 3.58. The van der Waals surface area contributed by atoms with Crippen molar-refractivity contribution in [3.63, 3.8) is 0 Å². The minimum Gasteiger partial charge on any atom is -0.487 e. The van der Waals surface area contributed by atoms with Crippen LogP contribution < -0.4 is 21.2 Å². The molecule has 9 nitrogen and oxygen atoms in total. The quantitative estimate of drug-likeness (QED) is 0.502. The summed E-state index contributed by atoms with van der Waals surface area (Å²) in [6.07, 6.45) is 12.9. The zero-order valence-corrected chi connectivity index (χ0v) is 18.6. The first kappa shape index (κ1) is 21.0. The molecule has 2 fully saturated rings. The Kier molecular flexibility index (Phi) is 4.62. The van der Waals surface area contributed by atoms with E-state index in [0.29, 0.717) is 5.52 Å². The van der Waals surface area contributed by atoms with E-state index in [-0.39, 0.29) is 41.2 Å². The average molecular weight is 468 g/mol. The highest BCUT2D eigenvalue weighted by Gasteiger charge is 2.43. The Morgan fingerprint density at radius 1 is 1.32 bits per heavy atom. The molecule has 1 aliphatic heterocycles. The summed E-state index contributed by atoms with van der Waals surface area (Å²) in [5.74, 6) is -1.89. The molecule has 6 rings (SSSR count). The number of hydrogen-bond acceptors (Lipinski definition) is 6. The Labute approximate surface area is 194 Å². The fourth-order valence-corrected chi connectivity index (χ4v) is 6.09. The van der Waals surface area contributed by atoms with Crippen molar-refractivity contribution in [2.45, 2.75) is 62.6 Å². The molecule has 3 heterocycles. The van der Waals surface area contributed by atoms with Crippen LogP contribution in [0.1, 0.15) is 61.3 Å². The van der Waals surface area contributed by atoms with Crippen LogP contribution in [0.4, 0.5) is 15.8 Å². The number of nitrogen functional groups attached to an aromatic ring is 1. The minimum absolute atomic E-state index is 0.0144. The lowest BCUT2D eigenvalue weighted by Gasteiger charge is -2.39. The molecular weight excluding hydrogens is 441 g/mol. The van der Waals surface area contributed by atoms with Crippen molar-refractivity contribution in [2.24, 2.45) is 0 Å². The Morgan fingerprint density at radius 2 is 2.12 bits per heavy atom. The van der Waals surface area contributed by atoms with E-state index >= 15 is 4.39 Å². The number of pyridine rings is 1. The number of halogens is 1. The highest BCUT2D eigenvalue weighted by Crippen LogP contribution is 2.49.